The number of aryl methyl sites for hydroxylation is 4. The molecule has 1 aromatic heterocycles. The molecule has 2 aliphatic rings. The minimum Gasteiger partial charge on any atom is -0.493 e. The number of nitrogens with zero attached hydrogens (tertiary/aromatic N) is 1. The number of rotatable bonds is 6. The Balaban J connectivity index is 1.43. The van der Waals surface area contributed by atoms with Crippen molar-refractivity contribution in [2.75, 3.05) is 21.0 Å². The Morgan fingerprint density at radius 2 is 1.66 bits per heavy atom. The standard InChI is InChI=1S/C30H27F3NO4/c1-35-25-11-10-21-22(5-3-4-18-6-8-20(9-7-18)30(31,32)33)28-23-15-27-26(37-17-38-27)14-19(23)12-13-34(28)16-24(21)29(25)36-2/h6-11,14-16H,3-5,12-13,17H2,1-2H3/q+1. The number of hydrogen-bond acceptors (Lipinski definition) is 4. The minimum atomic E-state index is -4.33. The molecule has 0 fully saturated rings. The first-order valence-corrected chi connectivity index (χ1v) is 12.6. The number of benzene rings is 3. The van der Waals surface area contributed by atoms with Crippen LogP contribution in [0.15, 0.2) is 54.7 Å². The van der Waals surface area contributed by atoms with E-state index in [-0.39, 0.29) is 6.79 Å². The first kappa shape index (κ1) is 24.4. The molecule has 2 aliphatic heterocycles. The average molecular weight is 523 g/mol. The van der Waals surface area contributed by atoms with Crippen LogP contribution in [0.2, 0.25) is 0 Å². The topological polar surface area (TPSA) is 40.8 Å². The molecule has 5 nitrogen and oxygen atoms in total. The van der Waals surface area contributed by atoms with Gasteiger partial charge in [0.2, 0.25) is 12.5 Å². The summed E-state index contributed by atoms with van der Waals surface area (Å²) in [5.41, 5.74) is 4.85. The number of methoxy groups -OCH3 is 2. The third kappa shape index (κ3) is 4.18. The van der Waals surface area contributed by atoms with Gasteiger partial charge < -0.3 is 18.9 Å². The van der Waals surface area contributed by atoms with Crippen molar-refractivity contribution in [2.45, 2.75) is 38.4 Å². The van der Waals surface area contributed by atoms with Crippen molar-refractivity contribution in [1.29, 1.82) is 0 Å². The molecule has 0 aliphatic carbocycles. The quantitative estimate of drug-likeness (QED) is 0.279. The van der Waals surface area contributed by atoms with Gasteiger partial charge in [0.25, 0.3) is 0 Å². The molecule has 0 amide bonds. The summed E-state index contributed by atoms with van der Waals surface area (Å²) in [6.07, 6.45) is 0.809. The Morgan fingerprint density at radius 3 is 2.37 bits per heavy atom. The fraction of sp³-hybridized carbons (Fsp3) is 0.300. The smallest absolute Gasteiger partial charge is 0.416 e. The maximum atomic E-state index is 13.0. The van der Waals surface area contributed by atoms with Crippen molar-refractivity contribution in [1.82, 2.24) is 0 Å². The Hall–Kier alpha value is -3.94. The zero-order valence-electron chi connectivity index (χ0n) is 21.2. The fourth-order valence-corrected chi connectivity index (χ4v) is 5.59. The van der Waals surface area contributed by atoms with E-state index in [0.29, 0.717) is 17.9 Å². The Bertz CT molecular complexity index is 1530. The second-order valence-corrected chi connectivity index (χ2v) is 9.57. The van der Waals surface area contributed by atoms with Gasteiger partial charge in [-0.1, -0.05) is 12.1 Å². The SMILES string of the molecule is COc1ccc2c(CCCc3ccc(C(F)(F)F)cc3)c3[n+](cc2c1OC)CCc1cc2c(cc1-3)OCO2. The summed E-state index contributed by atoms with van der Waals surface area (Å²) in [7, 11) is 3.26. The molecule has 3 heterocycles. The number of hydrogen-bond donors (Lipinski definition) is 0. The number of fused-ring (bicyclic) bond motifs is 5. The lowest BCUT2D eigenvalue weighted by Gasteiger charge is -2.21. The Kier molecular flexibility index (Phi) is 6.05. The van der Waals surface area contributed by atoms with Gasteiger partial charge >= 0.3 is 6.18 Å². The molecule has 8 heteroatoms. The van der Waals surface area contributed by atoms with Gasteiger partial charge in [-0.15, -0.1) is 0 Å². The van der Waals surface area contributed by atoms with E-state index in [0.717, 1.165) is 82.6 Å². The average Bonchev–Trinajstić information content (AvgIpc) is 3.37. The summed E-state index contributed by atoms with van der Waals surface area (Å²) in [6.45, 7) is 1.01. The third-order valence-electron chi connectivity index (χ3n) is 7.42. The molecular weight excluding hydrogens is 495 g/mol. The van der Waals surface area contributed by atoms with Crippen molar-refractivity contribution in [3.63, 3.8) is 0 Å². The molecule has 0 atom stereocenters. The lowest BCUT2D eigenvalue weighted by atomic mass is 9.89. The zero-order valence-corrected chi connectivity index (χ0v) is 21.2. The van der Waals surface area contributed by atoms with Crippen molar-refractivity contribution in [3.8, 4) is 34.3 Å². The summed E-state index contributed by atoms with van der Waals surface area (Å²) in [6, 6.07) is 13.6. The minimum absolute atomic E-state index is 0.215. The van der Waals surface area contributed by atoms with Crippen molar-refractivity contribution >= 4 is 10.8 Å². The van der Waals surface area contributed by atoms with Crippen LogP contribution in [-0.2, 0) is 32.0 Å². The number of halogens is 3. The van der Waals surface area contributed by atoms with E-state index < -0.39 is 11.7 Å². The summed E-state index contributed by atoms with van der Waals surface area (Å²) in [4.78, 5) is 0. The second kappa shape index (κ2) is 9.42. The highest BCUT2D eigenvalue weighted by Gasteiger charge is 2.32. The lowest BCUT2D eigenvalue weighted by Crippen LogP contribution is -2.41. The van der Waals surface area contributed by atoms with E-state index >= 15 is 0 Å². The van der Waals surface area contributed by atoms with Crippen LogP contribution < -0.4 is 23.5 Å². The van der Waals surface area contributed by atoms with E-state index in [4.69, 9.17) is 18.9 Å². The highest BCUT2D eigenvalue weighted by atomic mass is 19.4. The van der Waals surface area contributed by atoms with Gasteiger partial charge in [0.05, 0.1) is 30.7 Å². The van der Waals surface area contributed by atoms with Crippen LogP contribution in [0, 0.1) is 0 Å². The first-order valence-electron chi connectivity index (χ1n) is 12.6. The largest absolute Gasteiger partial charge is 0.493 e. The molecule has 0 N–H and O–H groups in total. The summed E-state index contributed by atoms with van der Waals surface area (Å²) >= 11 is 0. The molecular formula is C30H27F3NO4+. The lowest BCUT2D eigenvalue weighted by molar-refractivity contribution is -0.686. The van der Waals surface area contributed by atoms with Crippen LogP contribution in [-0.4, -0.2) is 21.0 Å². The van der Waals surface area contributed by atoms with Gasteiger partial charge in [0.15, 0.2) is 35.7 Å². The van der Waals surface area contributed by atoms with Crippen LogP contribution in [0.1, 0.15) is 28.7 Å². The molecule has 0 saturated carbocycles. The molecule has 0 radical (unpaired) electrons. The first-order chi connectivity index (χ1) is 18.4. The van der Waals surface area contributed by atoms with Gasteiger partial charge in [-0.2, -0.15) is 17.7 Å². The van der Waals surface area contributed by atoms with Crippen molar-refractivity contribution in [2.24, 2.45) is 0 Å². The maximum absolute atomic E-state index is 13.0. The summed E-state index contributed by atoms with van der Waals surface area (Å²) in [5, 5.41) is 2.02. The van der Waals surface area contributed by atoms with Crippen LogP contribution >= 0.6 is 0 Å². The molecule has 6 rings (SSSR count). The third-order valence-corrected chi connectivity index (χ3v) is 7.42. The highest BCUT2D eigenvalue weighted by Crippen LogP contribution is 2.44. The van der Waals surface area contributed by atoms with Gasteiger partial charge in [-0.05, 0) is 66.8 Å². The predicted octanol–water partition coefficient (Wildman–Crippen LogP) is 6.29. The monoisotopic (exact) mass is 522 g/mol. The van der Waals surface area contributed by atoms with Crippen LogP contribution in [0.5, 0.6) is 23.0 Å². The molecule has 0 spiro atoms. The van der Waals surface area contributed by atoms with Crippen LogP contribution in [0.25, 0.3) is 22.0 Å². The molecule has 0 bridgehead atoms. The molecule has 0 unspecified atom stereocenters. The molecule has 196 valence electrons. The zero-order chi connectivity index (χ0) is 26.4. The van der Waals surface area contributed by atoms with E-state index in [2.05, 4.69) is 29.0 Å². The van der Waals surface area contributed by atoms with E-state index in [9.17, 15) is 13.2 Å². The number of ether oxygens (including phenoxy) is 4. The molecule has 4 aromatic rings. The Morgan fingerprint density at radius 1 is 0.895 bits per heavy atom. The van der Waals surface area contributed by atoms with Crippen molar-refractivity contribution < 1.29 is 36.7 Å². The van der Waals surface area contributed by atoms with Crippen LogP contribution in [0.4, 0.5) is 13.2 Å². The van der Waals surface area contributed by atoms with E-state index in [1.54, 1.807) is 26.4 Å². The normalized spacial score (nSPS) is 13.8. The van der Waals surface area contributed by atoms with E-state index in [1.165, 1.54) is 5.56 Å². The molecule has 3 aromatic carbocycles. The van der Waals surface area contributed by atoms with Gasteiger partial charge in [-0.25, -0.2) is 0 Å². The number of aromatic nitrogens is 1. The van der Waals surface area contributed by atoms with Gasteiger partial charge in [-0.3, -0.25) is 0 Å². The van der Waals surface area contributed by atoms with E-state index in [1.807, 2.05) is 6.07 Å². The van der Waals surface area contributed by atoms with Crippen molar-refractivity contribution in [3.05, 3.63) is 77.0 Å². The number of alkyl halides is 3. The van der Waals surface area contributed by atoms with Gasteiger partial charge in [0.1, 0.15) is 0 Å². The van der Waals surface area contributed by atoms with Crippen LogP contribution in [0.3, 0.4) is 0 Å². The maximum Gasteiger partial charge on any atom is 0.416 e. The number of pyridine rings is 1. The second-order valence-electron chi connectivity index (χ2n) is 9.57. The summed E-state index contributed by atoms with van der Waals surface area (Å²) in [5.74, 6) is 2.85. The Labute approximate surface area is 218 Å². The van der Waals surface area contributed by atoms with Gasteiger partial charge in [0, 0.05) is 17.4 Å². The highest BCUT2D eigenvalue weighted by molar-refractivity contribution is 5.95. The molecule has 0 saturated heterocycles. The predicted molar refractivity (Wildman–Crippen MR) is 136 cm³/mol. The fourth-order valence-electron chi connectivity index (χ4n) is 5.59. The molecule has 38 heavy (non-hydrogen) atoms. The summed E-state index contributed by atoms with van der Waals surface area (Å²) < 4.78 is 63.9.